The highest BCUT2D eigenvalue weighted by Gasteiger charge is 2.15. The standard InChI is InChI=1S/C47H30N2O/c1-29-44(49-46-41-16-5-3-13-38(41)37-12-2-4-15-40(37)45(46)48-29)33-26-22-31(23-27-33)35-11-8-10-34(28-35)30-20-24-32(25-21-30)36-17-9-18-42-39-14-6-7-19-43(39)50-47(36)42/h2-28H,1H3. The molecule has 0 saturated carbocycles. The van der Waals surface area contributed by atoms with Crippen molar-refractivity contribution in [2.45, 2.75) is 6.92 Å². The van der Waals surface area contributed by atoms with E-state index in [1.165, 1.54) is 27.5 Å². The maximum Gasteiger partial charge on any atom is 0.143 e. The molecule has 10 rings (SSSR count). The van der Waals surface area contributed by atoms with Gasteiger partial charge >= 0.3 is 0 Å². The van der Waals surface area contributed by atoms with Crippen LogP contribution in [0.25, 0.3) is 99.2 Å². The normalized spacial score (nSPS) is 11.7. The van der Waals surface area contributed by atoms with Crippen LogP contribution in [0.2, 0.25) is 0 Å². The second-order valence-electron chi connectivity index (χ2n) is 13.0. The summed E-state index contributed by atoms with van der Waals surface area (Å²) in [5.41, 5.74) is 13.6. The third-order valence-electron chi connectivity index (χ3n) is 10.0. The fourth-order valence-electron chi connectivity index (χ4n) is 7.53. The molecule has 0 saturated heterocycles. The second-order valence-corrected chi connectivity index (χ2v) is 13.0. The number of hydrogen-bond acceptors (Lipinski definition) is 3. The van der Waals surface area contributed by atoms with E-state index < -0.39 is 0 Å². The van der Waals surface area contributed by atoms with E-state index in [-0.39, 0.29) is 0 Å². The second kappa shape index (κ2) is 11.3. The number of rotatable bonds is 4. The zero-order chi connectivity index (χ0) is 33.2. The van der Waals surface area contributed by atoms with E-state index in [0.717, 1.165) is 77.4 Å². The molecule has 3 nitrogen and oxygen atoms in total. The molecule has 50 heavy (non-hydrogen) atoms. The molecule has 10 aromatic rings. The predicted octanol–water partition coefficient (Wildman–Crippen LogP) is 12.8. The SMILES string of the molecule is Cc1nc2c3ccccc3c3ccccc3c2nc1-c1ccc(-c2cccc(-c3ccc(-c4cccc5c4oc4ccccc45)cc3)c2)cc1. The lowest BCUT2D eigenvalue weighted by Crippen LogP contribution is -1.96. The highest BCUT2D eigenvalue weighted by Crippen LogP contribution is 2.38. The van der Waals surface area contributed by atoms with Crippen molar-refractivity contribution >= 4 is 54.5 Å². The van der Waals surface area contributed by atoms with E-state index in [0.29, 0.717) is 0 Å². The van der Waals surface area contributed by atoms with Gasteiger partial charge in [0.05, 0.1) is 22.4 Å². The molecule has 3 heteroatoms. The lowest BCUT2D eigenvalue weighted by Gasteiger charge is -2.13. The molecule has 0 aliphatic heterocycles. The van der Waals surface area contributed by atoms with Crippen molar-refractivity contribution in [3.63, 3.8) is 0 Å². The Morgan fingerprint density at radius 1 is 0.380 bits per heavy atom. The number of hydrogen-bond donors (Lipinski definition) is 0. The molecule has 2 heterocycles. The van der Waals surface area contributed by atoms with Gasteiger partial charge in [-0.2, -0.15) is 0 Å². The van der Waals surface area contributed by atoms with Crippen LogP contribution < -0.4 is 0 Å². The first-order chi connectivity index (χ1) is 24.7. The molecule has 8 aromatic carbocycles. The Hall–Kier alpha value is -6.58. The lowest BCUT2D eigenvalue weighted by molar-refractivity contribution is 0.670. The highest BCUT2D eigenvalue weighted by molar-refractivity contribution is 6.23. The molecule has 234 valence electrons. The zero-order valence-electron chi connectivity index (χ0n) is 27.4. The van der Waals surface area contributed by atoms with Gasteiger partial charge in [0, 0.05) is 32.7 Å². The highest BCUT2D eigenvalue weighted by atomic mass is 16.3. The van der Waals surface area contributed by atoms with Gasteiger partial charge in [0.15, 0.2) is 0 Å². The van der Waals surface area contributed by atoms with Gasteiger partial charge in [-0.25, -0.2) is 9.97 Å². The monoisotopic (exact) mass is 638 g/mol. The molecule has 0 atom stereocenters. The summed E-state index contributed by atoms with van der Waals surface area (Å²) in [6.07, 6.45) is 0. The van der Waals surface area contributed by atoms with Crippen LogP contribution in [0.3, 0.4) is 0 Å². The van der Waals surface area contributed by atoms with Crippen molar-refractivity contribution < 1.29 is 4.42 Å². The predicted molar refractivity (Wildman–Crippen MR) is 208 cm³/mol. The summed E-state index contributed by atoms with van der Waals surface area (Å²) in [4.78, 5) is 10.4. The number of furan rings is 1. The Balaban J connectivity index is 0.977. The van der Waals surface area contributed by atoms with E-state index in [1.54, 1.807) is 0 Å². The van der Waals surface area contributed by atoms with Gasteiger partial charge in [0.1, 0.15) is 11.2 Å². The quantitative estimate of drug-likeness (QED) is 0.180. The van der Waals surface area contributed by atoms with E-state index in [2.05, 4.69) is 159 Å². The maximum atomic E-state index is 6.30. The first kappa shape index (κ1) is 28.4. The summed E-state index contributed by atoms with van der Waals surface area (Å²) in [6, 6.07) is 57.9. The van der Waals surface area contributed by atoms with Crippen LogP contribution in [0.15, 0.2) is 168 Å². The van der Waals surface area contributed by atoms with Gasteiger partial charge in [-0.15, -0.1) is 0 Å². The van der Waals surface area contributed by atoms with Crippen molar-refractivity contribution in [2.24, 2.45) is 0 Å². The molecule has 0 spiro atoms. The van der Waals surface area contributed by atoms with Crippen LogP contribution in [0, 0.1) is 6.92 Å². The summed E-state index contributed by atoms with van der Waals surface area (Å²) in [6.45, 7) is 2.06. The minimum atomic E-state index is 0.914. The fraction of sp³-hybridized carbons (Fsp3) is 0.0213. The molecule has 0 aliphatic carbocycles. The third-order valence-corrected chi connectivity index (χ3v) is 10.0. The van der Waals surface area contributed by atoms with Crippen LogP contribution in [0.1, 0.15) is 5.69 Å². The van der Waals surface area contributed by atoms with E-state index in [1.807, 2.05) is 12.1 Å². The van der Waals surface area contributed by atoms with Crippen LogP contribution >= 0.6 is 0 Å². The average Bonchev–Trinajstić information content (AvgIpc) is 3.57. The first-order valence-corrected chi connectivity index (χ1v) is 17.0. The minimum Gasteiger partial charge on any atom is -0.455 e. The summed E-state index contributed by atoms with van der Waals surface area (Å²) in [7, 11) is 0. The lowest BCUT2D eigenvalue weighted by atomic mass is 9.96. The van der Waals surface area contributed by atoms with Crippen LogP contribution in [-0.2, 0) is 0 Å². The van der Waals surface area contributed by atoms with Gasteiger partial charge in [-0.1, -0.05) is 152 Å². The fourth-order valence-corrected chi connectivity index (χ4v) is 7.53. The molecule has 0 amide bonds. The number of nitrogens with zero attached hydrogens (tertiary/aromatic N) is 2. The molecule has 0 aliphatic rings. The largest absolute Gasteiger partial charge is 0.455 e. The Labute approximate surface area is 289 Å². The number of benzene rings is 8. The molecule has 0 fully saturated rings. The molecular formula is C47H30N2O. The van der Waals surface area contributed by atoms with Crippen molar-refractivity contribution in [2.75, 3.05) is 0 Å². The summed E-state index contributed by atoms with van der Waals surface area (Å²) >= 11 is 0. The molecule has 0 unspecified atom stereocenters. The van der Waals surface area contributed by atoms with Crippen molar-refractivity contribution in [3.05, 3.63) is 169 Å². The molecular weight excluding hydrogens is 609 g/mol. The van der Waals surface area contributed by atoms with Gasteiger partial charge in [-0.05, 0) is 57.6 Å². The Kier molecular flexibility index (Phi) is 6.40. The minimum absolute atomic E-state index is 0.914. The van der Waals surface area contributed by atoms with Gasteiger partial charge in [-0.3, -0.25) is 0 Å². The van der Waals surface area contributed by atoms with Crippen molar-refractivity contribution in [1.82, 2.24) is 9.97 Å². The number of aromatic nitrogens is 2. The first-order valence-electron chi connectivity index (χ1n) is 17.0. The number of fused-ring (bicyclic) bond motifs is 9. The Morgan fingerprint density at radius 3 is 1.54 bits per heavy atom. The van der Waals surface area contributed by atoms with Crippen LogP contribution in [-0.4, -0.2) is 9.97 Å². The van der Waals surface area contributed by atoms with E-state index in [9.17, 15) is 0 Å². The summed E-state index contributed by atoms with van der Waals surface area (Å²) in [5, 5.41) is 6.96. The van der Waals surface area contributed by atoms with Crippen molar-refractivity contribution in [1.29, 1.82) is 0 Å². The van der Waals surface area contributed by atoms with Crippen LogP contribution in [0.5, 0.6) is 0 Å². The molecule has 2 aromatic heterocycles. The van der Waals surface area contributed by atoms with Gasteiger partial charge in [0.2, 0.25) is 0 Å². The Morgan fingerprint density at radius 2 is 0.880 bits per heavy atom. The summed E-state index contributed by atoms with van der Waals surface area (Å²) < 4.78 is 6.30. The molecule has 0 N–H and O–H groups in total. The molecule has 0 bridgehead atoms. The van der Waals surface area contributed by atoms with Crippen LogP contribution in [0.4, 0.5) is 0 Å². The maximum absolute atomic E-state index is 6.30. The molecule has 0 radical (unpaired) electrons. The smallest absolute Gasteiger partial charge is 0.143 e. The third kappa shape index (κ3) is 4.52. The zero-order valence-corrected chi connectivity index (χ0v) is 27.4. The van der Waals surface area contributed by atoms with E-state index >= 15 is 0 Å². The number of aryl methyl sites for hydroxylation is 1. The van der Waals surface area contributed by atoms with E-state index in [4.69, 9.17) is 14.4 Å². The van der Waals surface area contributed by atoms with Crippen molar-refractivity contribution in [3.8, 4) is 44.6 Å². The summed E-state index contributed by atoms with van der Waals surface area (Å²) in [5.74, 6) is 0. The average molecular weight is 639 g/mol. The topological polar surface area (TPSA) is 38.9 Å². The Bertz CT molecular complexity index is 2920. The van der Waals surface area contributed by atoms with Gasteiger partial charge in [0.25, 0.3) is 0 Å². The van der Waals surface area contributed by atoms with Gasteiger partial charge < -0.3 is 4.42 Å². The number of para-hydroxylation sites is 2.